The van der Waals surface area contributed by atoms with E-state index in [1.54, 1.807) is 0 Å². The van der Waals surface area contributed by atoms with E-state index in [1.807, 2.05) is 0 Å². The van der Waals surface area contributed by atoms with Gasteiger partial charge in [-0.3, -0.25) is 0 Å². The molecule has 0 fully saturated rings. The number of hydrogen-bond donors (Lipinski definition) is 1. The van der Waals surface area contributed by atoms with Gasteiger partial charge in [0.25, 0.3) is 0 Å². The van der Waals surface area contributed by atoms with Crippen LogP contribution in [-0.2, 0) is 12.8 Å². The zero-order valence-electron chi connectivity index (χ0n) is 10.8. The normalized spacial score (nSPS) is 19.4. The fraction of sp³-hybridized carbons (Fsp3) is 0.600. The molecule has 0 amide bonds. The van der Waals surface area contributed by atoms with E-state index in [4.69, 9.17) is 0 Å². The standard InChI is InChI=1S/C15H22BrN/c1-3-12(4-2)17-13-9-8-11-6-5-7-15(16)14(11)10-13/h5-7,12-13,17H,3-4,8-10H2,1-2H3. The number of aryl methyl sites for hydroxylation is 1. The molecule has 2 heteroatoms. The van der Waals surface area contributed by atoms with Gasteiger partial charge in [-0.1, -0.05) is 41.9 Å². The molecule has 94 valence electrons. The lowest BCUT2D eigenvalue weighted by Gasteiger charge is -2.29. The van der Waals surface area contributed by atoms with Crippen molar-refractivity contribution in [2.75, 3.05) is 0 Å². The maximum absolute atomic E-state index is 3.80. The van der Waals surface area contributed by atoms with E-state index >= 15 is 0 Å². The van der Waals surface area contributed by atoms with E-state index in [2.05, 4.69) is 53.3 Å². The van der Waals surface area contributed by atoms with Gasteiger partial charge in [-0.05, 0) is 49.3 Å². The zero-order chi connectivity index (χ0) is 12.3. The first-order valence-electron chi connectivity index (χ1n) is 6.76. The van der Waals surface area contributed by atoms with Crippen molar-refractivity contribution in [2.24, 2.45) is 0 Å². The highest BCUT2D eigenvalue weighted by atomic mass is 79.9. The number of halogens is 1. The Kier molecular flexibility index (Phi) is 4.63. The lowest BCUT2D eigenvalue weighted by molar-refractivity contribution is 0.378. The minimum absolute atomic E-state index is 0.658. The molecular weight excluding hydrogens is 274 g/mol. The van der Waals surface area contributed by atoms with Crippen LogP contribution in [0.4, 0.5) is 0 Å². The highest BCUT2D eigenvalue weighted by Crippen LogP contribution is 2.28. The molecule has 1 aliphatic carbocycles. The predicted molar refractivity (Wildman–Crippen MR) is 77.5 cm³/mol. The van der Waals surface area contributed by atoms with Gasteiger partial charge in [-0.25, -0.2) is 0 Å². The van der Waals surface area contributed by atoms with E-state index in [1.165, 1.54) is 47.7 Å². The smallest absolute Gasteiger partial charge is 0.0210 e. The van der Waals surface area contributed by atoms with Gasteiger partial charge in [0.2, 0.25) is 0 Å². The Balaban J connectivity index is 2.05. The molecule has 0 radical (unpaired) electrons. The van der Waals surface area contributed by atoms with Crippen molar-refractivity contribution in [3.8, 4) is 0 Å². The molecule has 0 bridgehead atoms. The van der Waals surface area contributed by atoms with Gasteiger partial charge in [0.05, 0.1) is 0 Å². The van der Waals surface area contributed by atoms with E-state index in [9.17, 15) is 0 Å². The molecule has 0 aliphatic heterocycles. The minimum Gasteiger partial charge on any atom is -0.311 e. The molecule has 1 nitrogen and oxygen atoms in total. The molecule has 0 saturated carbocycles. The van der Waals surface area contributed by atoms with Crippen LogP contribution in [0.15, 0.2) is 22.7 Å². The summed E-state index contributed by atoms with van der Waals surface area (Å²) in [4.78, 5) is 0. The average molecular weight is 296 g/mol. The Morgan fingerprint density at radius 2 is 2.12 bits per heavy atom. The lowest BCUT2D eigenvalue weighted by Crippen LogP contribution is -2.41. The number of fused-ring (bicyclic) bond motifs is 1. The van der Waals surface area contributed by atoms with Gasteiger partial charge in [-0.2, -0.15) is 0 Å². The first-order valence-corrected chi connectivity index (χ1v) is 7.56. The molecule has 17 heavy (non-hydrogen) atoms. The Morgan fingerprint density at radius 1 is 1.35 bits per heavy atom. The Hall–Kier alpha value is -0.340. The monoisotopic (exact) mass is 295 g/mol. The van der Waals surface area contributed by atoms with Gasteiger partial charge in [0.1, 0.15) is 0 Å². The zero-order valence-corrected chi connectivity index (χ0v) is 12.4. The maximum Gasteiger partial charge on any atom is 0.0210 e. The summed E-state index contributed by atoms with van der Waals surface area (Å²) in [6, 6.07) is 7.93. The molecule has 0 saturated heterocycles. The summed E-state index contributed by atoms with van der Waals surface area (Å²) in [5, 5.41) is 3.80. The van der Waals surface area contributed by atoms with Crippen molar-refractivity contribution in [1.82, 2.24) is 5.32 Å². The van der Waals surface area contributed by atoms with Crippen molar-refractivity contribution in [1.29, 1.82) is 0 Å². The largest absolute Gasteiger partial charge is 0.311 e. The number of rotatable bonds is 4. The molecule has 1 aromatic carbocycles. The fourth-order valence-corrected chi connectivity index (χ4v) is 3.31. The molecule has 1 N–H and O–H groups in total. The van der Waals surface area contributed by atoms with Gasteiger partial charge in [-0.15, -0.1) is 0 Å². The van der Waals surface area contributed by atoms with E-state index in [0.29, 0.717) is 12.1 Å². The predicted octanol–water partition coefficient (Wildman–Crippen LogP) is 4.08. The van der Waals surface area contributed by atoms with Crippen LogP contribution in [0.3, 0.4) is 0 Å². The number of benzene rings is 1. The van der Waals surface area contributed by atoms with Gasteiger partial charge >= 0.3 is 0 Å². The van der Waals surface area contributed by atoms with Crippen molar-refractivity contribution in [2.45, 2.75) is 58.0 Å². The summed E-state index contributed by atoms with van der Waals surface area (Å²) in [7, 11) is 0. The Bertz CT molecular complexity index is 371. The van der Waals surface area contributed by atoms with Crippen LogP contribution in [0.2, 0.25) is 0 Å². The number of hydrogen-bond acceptors (Lipinski definition) is 1. The molecule has 1 atom stereocenters. The quantitative estimate of drug-likeness (QED) is 0.882. The van der Waals surface area contributed by atoms with Crippen LogP contribution in [0.5, 0.6) is 0 Å². The molecule has 0 heterocycles. The first-order chi connectivity index (χ1) is 8.24. The van der Waals surface area contributed by atoms with Gasteiger partial charge in [0, 0.05) is 16.6 Å². The van der Waals surface area contributed by atoms with Crippen LogP contribution in [0.25, 0.3) is 0 Å². The van der Waals surface area contributed by atoms with Crippen LogP contribution in [-0.4, -0.2) is 12.1 Å². The first kappa shape index (κ1) is 13.1. The second-order valence-electron chi connectivity index (χ2n) is 5.00. The topological polar surface area (TPSA) is 12.0 Å². The second kappa shape index (κ2) is 6.01. The molecule has 1 unspecified atom stereocenters. The average Bonchev–Trinajstić information content (AvgIpc) is 2.37. The van der Waals surface area contributed by atoms with E-state index in [-0.39, 0.29) is 0 Å². The maximum atomic E-state index is 3.80. The highest BCUT2D eigenvalue weighted by molar-refractivity contribution is 9.10. The molecule has 0 aromatic heterocycles. The van der Waals surface area contributed by atoms with E-state index in [0.717, 1.165) is 0 Å². The summed E-state index contributed by atoms with van der Waals surface area (Å²) in [6.45, 7) is 4.54. The third-order valence-electron chi connectivity index (χ3n) is 3.89. The fourth-order valence-electron chi connectivity index (χ4n) is 2.74. The van der Waals surface area contributed by atoms with Crippen molar-refractivity contribution in [3.05, 3.63) is 33.8 Å². The van der Waals surface area contributed by atoms with Crippen molar-refractivity contribution < 1.29 is 0 Å². The van der Waals surface area contributed by atoms with Crippen LogP contribution >= 0.6 is 15.9 Å². The van der Waals surface area contributed by atoms with Crippen LogP contribution in [0, 0.1) is 0 Å². The number of nitrogens with one attached hydrogen (secondary N) is 1. The summed E-state index contributed by atoms with van der Waals surface area (Å²) < 4.78 is 1.28. The SMILES string of the molecule is CCC(CC)NC1CCc2cccc(Br)c2C1. The Morgan fingerprint density at radius 3 is 2.82 bits per heavy atom. The molecule has 1 aliphatic rings. The highest BCUT2D eigenvalue weighted by Gasteiger charge is 2.21. The summed E-state index contributed by atoms with van der Waals surface area (Å²) in [5.74, 6) is 0. The van der Waals surface area contributed by atoms with Crippen LogP contribution in [0.1, 0.15) is 44.2 Å². The lowest BCUT2D eigenvalue weighted by atomic mass is 9.88. The van der Waals surface area contributed by atoms with Crippen LogP contribution < -0.4 is 5.32 Å². The third-order valence-corrected chi connectivity index (χ3v) is 4.63. The molecular formula is C15H22BrN. The van der Waals surface area contributed by atoms with Gasteiger partial charge < -0.3 is 5.32 Å². The Labute approximate surface area is 113 Å². The van der Waals surface area contributed by atoms with Crippen molar-refractivity contribution in [3.63, 3.8) is 0 Å². The second-order valence-corrected chi connectivity index (χ2v) is 5.85. The summed E-state index contributed by atoms with van der Waals surface area (Å²) in [6.07, 6.45) is 6.13. The summed E-state index contributed by atoms with van der Waals surface area (Å²) in [5.41, 5.74) is 3.05. The van der Waals surface area contributed by atoms with Crippen molar-refractivity contribution >= 4 is 15.9 Å². The van der Waals surface area contributed by atoms with Gasteiger partial charge in [0.15, 0.2) is 0 Å². The van der Waals surface area contributed by atoms with E-state index < -0.39 is 0 Å². The molecule has 1 aromatic rings. The molecule has 0 spiro atoms. The summed E-state index contributed by atoms with van der Waals surface area (Å²) >= 11 is 3.68. The minimum atomic E-state index is 0.658. The third kappa shape index (κ3) is 3.11. The molecule has 2 rings (SSSR count).